The molecule has 0 saturated carbocycles. The normalized spacial score (nSPS) is 12.6. The first-order valence-electron chi connectivity index (χ1n) is 6.35. The molecule has 1 atom stereocenters. The van der Waals surface area contributed by atoms with E-state index in [1.807, 2.05) is 18.2 Å². The van der Waals surface area contributed by atoms with E-state index in [4.69, 9.17) is 0 Å². The molecule has 5 nitrogen and oxygen atoms in total. The molecule has 96 valence electrons. The fraction of sp³-hybridized carbons (Fsp3) is 0.462. The van der Waals surface area contributed by atoms with Crippen LogP contribution in [0.3, 0.4) is 0 Å². The molecule has 0 bridgehead atoms. The van der Waals surface area contributed by atoms with Crippen molar-refractivity contribution in [2.24, 2.45) is 0 Å². The molecule has 2 aromatic rings. The van der Waals surface area contributed by atoms with Crippen LogP contribution in [0.15, 0.2) is 24.3 Å². The number of nitrogens with zero attached hydrogens (tertiary/aromatic N) is 4. The van der Waals surface area contributed by atoms with E-state index >= 15 is 0 Å². The third-order valence-electron chi connectivity index (χ3n) is 2.83. The van der Waals surface area contributed by atoms with Gasteiger partial charge in [-0.3, -0.25) is 0 Å². The Kier molecular flexibility index (Phi) is 4.04. The van der Waals surface area contributed by atoms with Crippen molar-refractivity contribution in [2.45, 2.75) is 33.2 Å². The van der Waals surface area contributed by atoms with Crippen molar-refractivity contribution in [1.82, 2.24) is 25.5 Å². The van der Waals surface area contributed by atoms with Crippen LogP contribution >= 0.6 is 0 Å². The smallest absolute Gasteiger partial charge is 0.192 e. The van der Waals surface area contributed by atoms with E-state index in [2.05, 4.69) is 47.6 Å². The van der Waals surface area contributed by atoms with Crippen LogP contribution in [0.1, 0.15) is 37.7 Å². The van der Waals surface area contributed by atoms with Crippen molar-refractivity contribution in [3.8, 4) is 5.69 Å². The van der Waals surface area contributed by atoms with Gasteiger partial charge >= 0.3 is 0 Å². The lowest BCUT2D eigenvalue weighted by molar-refractivity contribution is 0.509. The van der Waals surface area contributed by atoms with Gasteiger partial charge in [0.05, 0.1) is 11.7 Å². The van der Waals surface area contributed by atoms with E-state index in [1.54, 1.807) is 4.80 Å². The highest BCUT2D eigenvalue weighted by Gasteiger charge is 2.14. The predicted molar refractivity (Wildman–Crippen MR) is 70.6 cm³/mol. The number of nitrogens with one attached hydrogen (secondary N) is 1. The number of hydrogen-bond acceptors (Lipinski definition) is 4. The van der Waals surface area contributed by atoms with Gasteiger partial charge < -0.3 is 5.32 Å². The van der Waals surface area contributed by atoms with Gasteiger partial charge in [-0.15, -0.1) is 15.0 Å². The van der Waals surface area contributed by atoms with Crippen LogP contribution in [0.4, 0.5) is 0 Å². The van der Waals surface area contributed by atoms with E-state index in [1.165, 1.54) is 5.56 Å². The Morgan fingerprint density at radius 2 is 2.17 bits per heavy atom. The first-order valence-corrected chi connectivity index (χ1v) is 6.35. The minimum atomic E-state index is 0.175. The molecule has 0 fully saturated rings. The van der Waals surface area contributed by atoms with E-state index in [0.29, 0.717) is 0 Å². The highest BCUT2D eigenvalue weighted by Crippen LogP contribution is 2.12. The zero-order chi connectivity index (χ0) is 13.0. The maximum atomic E-state index is 4.44. The molecule has 0 saturated heterocycles. The molecule has 0 aliphatic carbocycles. The lowest BCUT2D eigenvalue weighted by atomic mass is 10.2. The average Bonchev–Trinajstić information content (AvgIpc) is 2.85. The summed E-state index contributed by atoms with van der Waals surface area (Å²) in [6.07, 6.45) is 0.952. The van der Waals surface area contributed by atoms with Crippen molar-refractivity contribution < 1.29 is 0 Å². The molecular formula is C13H19N5. The summed E-state index contributed by atoms with van der Waals surface area (Å²) in [6.45, 7) is 7.14. The van der Waals surface area contributed by atoms with Gasteiger partial charge in [0.2, 0.25) is 0 Å². The van der Waals surface area contributed by atoms with E-state index in [9.17, 15) is 0 Å². The standard InChI is InChI=1S/C13H19N5/c1-4-12(14-5-2)13-15-17-18(16-13)11-8-6-7-10(3)9-11/h6-9,12,14H,4-5H2,1-3H3. The van der Waals surface area contributed by atoms with E-state index < -0.39 is 0 Å². The highest BCUT2D eigenvalue weighted by molar-refractivity contribution is 5.32. The third kappa shape index (κ3) is 2.73. The van der Waals surface area contributed by atoms with Gasteiger partial charge in [-0.25, -0.2) is 0 Å². The van der Waals surface area contributed by atoms with Gasteiger partial charge in [0.15, 0.2) is 5.82 Å². The molecule has 0 spiro atoms. The number of hydrogen-bond donors (Lipinski definition) is 1. The van der Waals surface area contributed by atoms with Crippen molar-refractivity contribution in [2.75, 3.05) is 6.54 Å². The van der Waals surface area contributed by atoms with Crippen LogP contribution in [0.2, 0.25) is 0 Å². The molecule has 1 aromatic heterocycles. The number of aromatic nitrogens is 4. The fourth-order valence-corrected chi connectivity index (χ4v) is 1.89. The Morgan fingerprint density at radius 1 is 1.33 bits per heavy atom. The summed E-state index contributed by atoms with van der Waals surface area (Å²) in [5, 5.41) is 16.0. The SMILES string of the molecule is CCNC(CC)c1nnn(-c2cccc(C)c2)n1. The summed E-state index contributed by atoms with van der Waals surface area (Å²) in [5.41, 5.74) is 2.13. The molecular weight excluding hydrogens is 226 g/mol. The van der Waals surface area contributed by atoms with Gasteiger partial charge in [0.25, 0.3) is 0 Å². The highest BCUT2D eigenvalue weighted by atomic mass is 15.6. The monoisotopic (exact) mass is 245 g/mol. The Morgan fingerprint density at radius 3 is 2.83 bits per heavy atom. The Labute approximate surface area is 107 Å². The molecule has 0 radical (unpaired) electrons. The lowest BCUT2D eigenvalue weighted by Gasteiger charge is -2.10. The van der Waals surface area contributed by atoms with Gasteiger partial charge in [-0.1, -0.05) is 26.0 Å². The van der Waals surface area contributed by atoms with Crippen molar-refractivity contribution in [3.63, 3.8) is 0 Å². The molecule has 1 unspecified atom stereocenters. The molecule has 0 aliphatic heterocycles. The number of tetrazole rings is 1. The quantitative estimate of drug-likeness (QED) is 0.875. The Bertz CT molecular complexity index is 506. The molecule has 1 heterocycles. The van der Waals surface area contributed by atoms with Gasteiger partial charge in [0, 0.05) is 0 Å². The predicted octanol–water partition coefficient (Wildman–Crippen LogP) is 2.03. The van der Waals surface area contributed by atoms with Crippen LogP contribution in [-0.4, -0.2) is 26.8 Å². The topological polar surface area (TPSA) is 55.6 Å². The van der Waals surface area contributed by atoms with E-state index in [0.717, 1.165) is 24.5 Å². The summed E-state index contributed by atoms with van der Waals surface area (Å²) in [4.78, 5) is 1.59. The third-order valence-corrected chi connectivity index (χ3v) is 2.83. The average molecular weight is 245 g/mol. The van der Waals surface area contributed by atoms with Crippen LogP contribution in [0, 0.1) is 6.92 Å². The molecule has 5 heteroatoms. The van der Waals surface area contributed by atoms with E-state index in [-0.39, 0.29) is 6.04 Å². The number of benzene rings is 1. The largest absolute Gasteiger partial charge is 0.307 e. The number of aryl methyl sites for hydroxylation is 1. The summed E-state index contributed by atoms with van der Waals surface area (Å²) >= 11 is 0. The minimum Gasteiger partial charge on any atom is -0.307 e. The van der Waals surface area contributed by atoms with Crippen LogP contribution in [-0.2, 0) is 0 Å². The maximum absolute atomic E-state index is 4.44. The first kappa shape index (κ1) is 12.7. The summed E-state index contributed by atoms with van der Waals surface area (Å²) < 4.78 is 0. The summed E-state index contributed by atoms with van der Waals surface area (Å²) in [5.74, 6) is 0.751. The maximum Gasteiger partial charge on any atom is 0.192 e. The molecule has 1 N–H and O–H groups in total. The lowest BCUT2D eigenvalue weighted by Crippen LogP contribution is -2.21. The second-order valence-electron chi connectivity index (χ2n) is 4.29. The summed E-state index contributed by atoms with van der Waals surface area (Å²) in [6, 6.07) is 8.24. The minimum absolute atomic E-state index is 0.175. The van der Waals surface area contributed by atoms with Gasteiger partial charge in [0.1, 0.15) is 0 Å². The van der Waals surface area contributed by atoms with Crippen molar-refractivity contribution in [1.29, 1.82) is 0 Å². The molecule has 0 aliphatic rings. The van der Waals surface area contributed by atoms with Gasteiger partial charge in [-0.05, 0) is 42.8 Å². The van der Waals surface area contributed by atoms with Crippen LogP contribution < -0.4 is 5.32 Å². The molecule has 1 aromatic carbocycles. The molecule has 0 amide bonds. The van der Waals surface area contributed by atoms with Crippen LogP contribution in [0.25, 0.3) is 5.69 Å². The second-order valence-corrected chi connectivity index (χ2v) is 4.29. The molecule has 2 rings (SSSR count). The van der Waals surface area contributed by atoms with Gasteiger partial charge in [-0.2, -0.15) is 0 Å². The number of rotatable bonds is 5. The Hall–Kier alpha value is -1.75. The zero-order valence-corrected chi connectivity index (χ0v) is 11.1. The second kappa shape index (κ2) is 5.73. The zero-order valence-electron chi connectivity index (χ0n) is 11.1. The Balaban J connectivity index is 2.24. The molecule has 18 heavy (non-hydrogen) atoms. The fourth-order valence-electron chi connectivity index (χ4n) is 1.89. The van der Waals surface area contributed by atoms with Crippen molar-refractivity contribution in [3.05, 3.63) is 35.7 Å². The van der Waals surface area contributed by atoms with Crippen molar-refractivity contribution >= 4 is 0 Å². The summed E-state index contributed by atoms with van der Waals surface area (Å²) in [7, 11) is 0. The van der Waals surface area contributed by atoms with Crippen LogP contribution in [0.5, 0.6) is 0 Å². The first-order chi connectivity index (χ1) is 8.74.